The number of benzene rings is 3. The molecule has 58 heavy (non-hydrogen) atoms. The van der Waals surface area contributed by atoms with E-state index in [1.807, 2.05) is 0 Å². The molecular formula is C40H39N5O13. The van der Waals surface area contributed by atoms with Crippen molar-refractivity contribution in [3.8, 4) is 11.5 Å². The van der Waals surface area contributed by atoms with Crippen LogP contribution >= 0.6 is 0 Å². The molecule has 0 amide bonds. The molecule has 0 saturated carbocycles. The lowest BCUT2D eigenvalue weighted by Crippen LogP contribution is -3.09. The van der Waals surface area contributed by atoms with Crippen molar-refractivity contribution in [3.05, 3.63) is 88.0 Å². The van der Waals surface area contributed by atoms with Gasteiger partial charge in [-0.05, 0) is 18.6 Å². The standard InChI is InChI=1S/C40H39N5O13/c41-39-43-36-29(37(53)44-39)42-18-45(36)26-8-4-3-5-21(26)20-10-14-55-17-27-32(51)35(52)40(54,11-13-47)38(57-27)58-33-24(20)15-25-28(34(33)56-16-19(48)9-12-46)31(50)23-7-2-1-6-22(23)30(25)49/h1-8,12,15,19-20,27,32,35,38,47-48,51-52,54H,9-11,13-14,16-18H2,(H2,41,44,53). The fraction of sp³-hybridized carbons (Fsp3) is 0.375. The van der Waals surface area contributed by atoms with E-state index in [9.17, 15) is 45.0 Å². The molecule has 0 aromatic heterocycles. The van der Waals surface area contributed by atoms with Crippen LogP contribution in [0.2, 0.25) is 0 Å². The van der Waals surface area contributed by atoms with Crippen LogP contribution in [-0.2, 0) is 14.3 Å². The minimum absolute atomic E-state index is 0.00133. The fourth-order valence-electron chi connectivity index (χ4n) is 8.10. The Morgan fingerprint density at radius 1 is 1.05 bits per heavy atom. The summed E-state index contributed by atoms with van der Waals surface area (Å²) in [5, 5.41) is 76.0. The second-order valence-electron chi connectivity index (χ2n) is 14.5. The summed E-state index contributed by atoms with van der Waals surface area (Å²) >= 11 is 0. The summed E-state index contributed by atoms with van der Waals surface area (Å²) in [7, 11) is 0. The summed E-state index contributed by atoms with van der Waals surface area (Å²) in [6.45, 7) is -1.51. The van der Waals surface area contributed by atoms with Gasteiger partial charge in [0.15, 0.2) is 41.0 Å². The average Bonchev–Trinajstić information content (AvgIpc) is 3.63. The van der Waals surface area contributed by atoms with Crippen LogP contribution in [0.25, 0.3) is 0 Å². The van der Waals surface area contributed by atoms with Crippen molar-refractivity contribution in [2.75, 3.05) is 33.1 Å². The molecule has 4 heterocycles. The molecule has 1 aliphatic carbocycles. The number of para-hydroxylation sites is 1. The Balaban J connectivity index is 1.39. The second kappa shape index (κ2) is 15.6. The van der Waals surface area contributed by atoms with Gasteiger partial charge in [-0.25, -0.2) is 14.9 Å². The Morgan fingerprint density at radius 3 is 2.55 bits per heavy atom. The zero-order chi connectivity index (χ0) is 40.9. The van der Waals surface area contributed by atoms with Crippen molar-refractivity contribution >= 4 is 46.9 Å². The van der Waals surface area contributed by atoms with Gasteiger partial charge in [0.2, 0.25) is 12.2 Å². The van der Waals surface area contributed by atoms with Crippen LogP contribution in [0.15, 0.2) is 69.6 Å². The van der Waals surface area contributed by atoms with Crippen LogP contribution in [0.4, 0.5) is 5.69 Å². The lowest BCUT2D eigenvalue weighted by atomic mass is 9.79. The SMILES string of the molecule is N=C1N=C([O-])C2=NC[NH+](c3ccccc3C3CCOCC4OC(Oc5c3cc3c(c5OCC(O)CC=O)C(=O)c5ccccc5C3=O)C(O)(CCO)C(O)C4O)C2=N1. The Labute approximate surface area is 329 Å². The summed E-state index contributed by atoms with van der Waals surface area (Å²) in [6.07, 6.45) is -8.38. The molecule has 1 saturated heterocycles. The maximum Gasteiger partial charge on any atom is 0.262 e. The maximum atomic E-state index is 14.5. The van der Waals surface area contributed by atoms with Crippen molar-refractivity contribution in [1.29, 1.82) is 5.41 Å². The number of aliphatic hydroxyl groups excluding tert-OH is 4. The monoisotopic (exact) mass is 797 g/mol. The highest BCUT2D eigenvalue weighted by Gasteiger charge is 2.57. The smallest absolute Gasteiger partial charge is 0.262 e. The molecule has 7 N–H and O–H groups in total. The van der Waals surface area contributed by atoms with E-state index < -0.39 is 85.3 Å². The first-order valence-electron chi connectivity index (χ1n) is 18.6. The molecule has 8 unspecified atom stereocenters. The predicted molar refractivity (Wildman–Crippen MR) is 199 cm³/mol. The van der Waals surface area contributed by atoms with Gasteiger partial charge in [-0.3, -0.25) is 15.0 Å². The minimum Gasteiger partial charge on any atom is -0.857 e. The molecule has 4 aliphatic heterocycles. The Bertz CT molecular complexity index is 2290. The molecule has 302 valence electrons. The molecule has 3 aromatic rings. The van der Waals surface area contributed by atoms with Gasteiger partial charge in [-0.2, -0.15) is 4.99 Å². The molecule has 8 atom stereocenters. The molecular weight excluding hydrogens is 758 g/mol. The Hall–Kier alpha value is -5.57. The van der Waals surface area contributed by atoms with Crippen molar-refractivity contribution < 1.29 is 68.9 Å². The molecule has 8 rings (SSSR count). The Morgan fingerprint density at radius 2 is 1.79 bits per heavy atom. The van der Waals surface area contributed by atoms with E-state index in [0.29, 0.717) is 22.4 Å². The number of ether oxygens (including phenoxy) is 4. The number of hydrogen-bond acceptors (Lipinski definition) is 15. The summed E-state index contributed by atoms with van der Waals surface area (Å²) in [6, 6.07) is 14.8. The number of aldehydes is 1. The van der Waals surface area contributed by atoms with Crippen molar-refractivity contribution in [1.82, 2.24) is 0 Å². The number of nitrogens with zero attached hydrogens (tertiary/aromatic N) is 3. The predicted octanol–water partition coefficient (Wildman–Crippen LogP) is -1.68. The van der Waals surface area contributed by atoms with Crippen LogP contribution in [0.5, 0.6) is 11.5 Å². The van der Waals surface area contributed by atoms with E-state index in [2.05, 4.69) is 15.0 Å². The number of rotatable bonds is 9. The summed E-state index contributed by atoms with van der Waals surface area (Å²) in [4.78, 5) is 53.0. The number of carbonyl (C=O) groups excluding carboxylic acids is 3. The van der Waals surface area contributed by atoms with E-state index in [1.165, 1.54) is 18.2 Å². The molecule has 1 fully saturated rings. The highest BCUT2D eigenvalue weighted by atomic mass is 16.7. The van der Waals surface area contributed by atoms with Crippen LogP contribution in [-0.4, -0.2) is 136 Å². The number of carbonyl (C=O) groups is 3. The average molecular weight is 798 g/mol. The molecule has 5 aliphatic rings. The summed E-state index contributed by atoms with van der Waals surface area (Å²) < 4.78 is 25.0. The molecule has 0 radical (unpaired) electrons. The number of amidine groups is 1. The van der Waals surface area contributed by atoms with E-state index in [1.54, 1.807) is 36.4 Å². The summed E-state index contributed by atoms with van der Waals surface area (Å²) in [5.41, 5.74) is -1.27. The number of fused-ring (bicyclic) bond motifs is 6. The molecule has 2 bridgehead atoms. The van der Waals surface area contributed by atoms with Crippen molar-refractivity contribution in [3.63, 3.8) is 0 Å². The number of aliphatic hydroxyl groups is 5. The molecule has 18 nitrogen and oxygen atoms in total. The largest absolute Gasteiger partial charge is 0.857 e. The highest BCUT2D eigenvalue weighted by Crippen LogP contribution is 2.49. The van der Waals surface area contributed by atoms with Crippen LogP contribution < -0.4 is 19.5 Å². The van der Waals surface area contributed by atoms with Gasteiger partial charge >= 0.3 is 0 Å². The lowest BCUT2D eigenvalue weighted by molar-refractivity contribution is -0.723. The van der Waals surface area contributed by atoms with Gasteiger partial charge in [-0.1, -0.05) is 42.5 Å². The minimum atomic E-state index is -2.46. The third-order valence-corrected chi connectivity index (χ3v) is 11.0. The molecule has 0 spiro atoms. The van der Waals surface area contributed by atoms with E-state index in [-0.39, 0.29) is 83.6 Å². The topological polar surface area (TPSA) is 278 Å². The van der Waals surface area contributed by atoms with Crippen molar-refractivity contribution in [2.45, 2.75) is 61.5 Å². The maximum absolute atomic E-state index is 14.5. The van der Waals surface area contributed by atoms with E-state index >= 15 is 0 Å². The first-order valence-corrected chi connectivity index (χ1v) is 18.6. The number of quaternary nitrogens is 1. The third kappa shape index (κ3) is 6.62. The van der Waals surface area contributed by atoms with Crippen LogP contribution in [0, 0.1) is 5.41 Å². The van der Waals surface area contributed by atoms with Gasteiger partial charge in [0.05, 0.1) is 18.3 Å². The van der Waals surface area contributed by atoms with E-state index in [0.717, 1.165) is 0 Å². The van der Waals surface area contributed by atoms with Crippen LogP contribution in [0.3, 0.4) is 0 Å². The second-order valence-corrected chi connectivity index (χ2v) is 14.5. The van der Waals surface area contributed by atoms with Gasteiger partial charge in [-0.15, -0.1) is 0 Å². The lowest BCUT2D eigenvalue weighted by Gasteiger charge is -2.47. The fourth-order valence-corrected chi connectivity index (χ4v) is 8.10. The van der Waals surface area contributed by atoms with Gasteiger partial charge < -0.3 is 54.4 Å². The first kappa shape index (κ1) is 39.3. The zero-order valence-electron chi connectivity index (χ0n) is 30.7. The normalized spacial score (nSPS) is 28.3. The number of ketones is 2. The first-order chi connectivity index (χ1) is 28.0. The highest BCUT2D eigenvalue weighted by molar-refractivity contribution is 6.66. The number of aliphatic imine (C=N–C) groups is 3. The number of guanidine groups is 1. The van der Waals surface area contributed by atoms with E-state index in [4.69, 9.17) is 24.4 Å². The third-order valence-electron chi connectivity index (χ3n) is 11.0. The number of hydrogen-bond donors (Lipinski definition) is 7. The van der Waals surface area contributed by atoms with Gasteiger partial charge in [0.1, 0.15) is 36.9 Å². The van der Waals surface area contributed by atoms with Crippen LogP contribution in [0.1, 0.15) is 68.2 Å². The van der Waals surface area contributed by atoms with Gasteiger partial charge in [0.25, 0.3) is 5.84 Å². The number of nitrogens with one attached hydrogen (secondary N) is 2. The molecule has 18 heteroatoms. The van der Waals surface area contributed by atoms with Crippen molar-refractivity contribution in [2.24, 2.45) is 15.0 Å². The van der Waals surface area contributed by atoms with Gasteiger partial charge in [0, 0.05) is 65.7 Å². The zero-order valence-corrected chi connectivity index (χ0v) is 30.7. The molecule has 3 aromatic carbocycles. The Kier molecular flexibility index (Phi) is 10.6. The summed E-state index contributed by atoms with van der Waals surface area (Å²) in [5.74, 6) is -3.60. The quantitative estimate of drug-likeness (QED) is 0.0934.